The minimum atomic E-state index is -0.210. The Labute approximate surface area is 183 Å². The molecule has 2 heterocycles. The summed E-state index contributed by atoms with van der Waals surface area (Å²) in [5.74, 6) is 1.27. The number of carbonyl (C=O) groups excluding carboxylic acids is 1. The summed E-state index contributed by atoms with van der Waals surface area (Å²) in [5, 5.41) is 7.02. The lowest BCUT2D eigenvalue weighted by atomic mass is 10.0. The molecule has 0 radical (unpaired) electrons. The summed E-state index contributed by atoms with van der Waals surface area (Å²) in [6.45, 7) is 4.26. The second kappa shape index (κ2) is 8.78. The molecule has 0 spiro atoms. The second-order valence-corrected chi connectivity index (χ2v) is 8.01. The maximum Gasteiger partial charge on any atom is 0.224 e. The predicted molar refractivity (Wildman–Crippen MR) is 120 cm³/mol. The van der Waals surface area contributed by atoms with Gasteiger partial charge in [0.15, 0.2) is 10.6 Å². The van der Waals surface area contributed by atoms with Crippen molar-refractivity contribution >= 4 is 34.2 Å². The van der Waals surface area contributed by atoms with Gasteiger partial charge in [0.05, 0.1) is 5.39 Å². The van der Waals surface area contributed by atoms with E-state index in [1.54, 1.807) is 24.3 Å². The van der Waals surface area contributed by atoms with E-state index in [0.717, 1.165) is 5.56 Å². The van der Waals surface area contributed by atoms with Crippen LogP contribution in [0.15, 0.2) is 68.3 Å². The molecule has 0 aliphatic rings. The number of benzene rings is 2. The third-order valence-corrected chi connectivity index (χ3v) is 5.18. The Morgan fingerprint density at radius 2 is 1.87 bits per heavy atom. The van der Waals surface area contributed by atoms with Crippen LogP contribution in [-0.4, -0.2) is 11.1 Å². The van der Waals surface area contributed by atoms with Crippen LogP contribution >= 0.6 is 11.6 Å². The Morgan fingerprint density at radius 3 is 2.55 bits per heavy atom. The van der Waals surface area contributed by atoms with Crippen molar-refractivity contribution in [3.63, 3.8) is 0 Å². The number of fused-ring (bicyclic) bond motifs is 1. The molecule has 2 aromatic heterocycles. The molecule has 0 atom stereocenters. The van der Waals surface area contributed by atoms with Gasteiger partial charge in [0, 0.05) is 36.2 Å². The Hall–Kier alpha value is -3.38. The third kappa shape index (κ3) is 4.86. The second-order valence-electron chi connectivity index (χ2n) is 7.63. The van der Waals surface area contributed by atoms with Gasteiger partial charge in [-0.3, -0.25) is 9.59 Å². The number of nitrogens with one attached hydrogen (secondary N) is 1. The molecule has 6 nitrogen and oxygen atoms in total. The molecule has 0 saturated carbocycles. The van der Waals surface area contributed by atoms with E-state index in [9.17, 15) is 9.59 Å². The van der Waals surface area contributed by atoms with Gasteiger partial charge in [-0.2, -0.15) is 0 Å². The minimum absolute atomic E-state index is 0.170. The van der Waals surface area contributed by atoms with E-state index in [1.807, 2.05) is 24.3 Å². The number of nitrogens with zero attached hydrogens (tertiary/aromatic N) is 1. The lowest BCUT2D eigenvalue weighted by molar-refractivity contribution is -0.116. The number of rotatable bonds is 6. The van der Waals surface area contributed by atoms with E-state index in [1.165, 1.54) is 11.6 Å². The molecule has 0 bridgehead atoms. The summed E-state index contributed by atoms with van der Waals surface area (Å²) in [6, 6.07) is 16.1. The first-order valence-electron chi connectivity index (χ1n) is 9.98. The van der Waals surface area contributed by atoms with Crippen LogP contribution in [0.3, 0.4) is 0 Å². The van der Waals surface area contributed by atoms with E-state index < -0.39 is 0 Å². The zero-order chi connectivity index (χ0) is 22.0. The van der Waals surface area contributed by atoms with E-state index in [4.69, 9.17) is 20.5 Å². The third-order valence-electron chi connectivity index (χ3n) is 5.00. The summed E-state index contributed by atoms with van der Waals surface area (Å²) >= 11 is 5.70. The number of hydrogen-bond acceptors (Lipinski definition) is 5. The highest BCUT2D eigenvalue weighted by Gasteiger charge is 2.11. The standard InChI is InChI=1S/C24H21ClN2O4/c1-14(2)15-3-5-16(6-4-15)22-13-20(28)19-11-17(7-9-21(19)30-22)26-24(29)10-8-18-12-23(25)27-31-18/h3-7,9,11-14H,8,10H2,1-2H3,(H,26,29). The lowest BCUT2D eigenvalue weighted by Crippen LogP contribution is -2.12. The number of halogens is 1. The summed E-state index contributed by atoms with van der Waals surface area (Å²) < 4.78 is 10.9. The zero-order valence-electron chi connectivity index (χ0n) is 17.1. The number of anilines is 1. The van der Waals surface area contributed by atoms with Crippen LogP contribution in [0.25, 0.3) is 22.3 Å². The number of aromatic nitrogens is 1. The van der Waals surface area contributed by atoms with Gasteiger partial charge in [0.1, 0.15) is 17.1 Å². The van der Waals surface area contributed by atoms with Crippen molar-refractivity contribution in [3.8, 4) is 11.3 Å². The van der Waals surface area contributed by atoms with Crippen molar-refractivity contribution in [2.45, 2.75) is 32.6 Å². The highest BCUT2D eigenvalue weighted by molar-refractivity contribution is 6.29. The van der Waals surface area contributed by atoms with E-state index in [-0.39, 0.29) is 22.9 Å². The molecule has 0 unspecified atom stereocenters. The van der Waals surface area contributed by atoms with Crippen molar-refractivity contribution in [2.75, 3.05) is 5.32 Å². The van der Waals surface area contributed by atoms with E-state index in [2.05, 4.69) is 24.3 Å². The Kier molecular flexibility index (Phi) is 5.91. The van der Waals surface area contributed by atoms with Crippen LogP contribution in [0, 0.1) is 0 Å². The Bertz CT molecular complexity index is 1290. The number of carbonyl (C=O) groups is 1. The van der Waals surface area contributed by atoms with Crippen LogP contribution in [0.5, 0.6) is 0 Å². The van der Waals surface area contributed by atoms with Gasteiger partial charge in [-0.05, 0) is 29.7 Å². The number of aryl methyl sites for hydroxylation is 1. The van der Waals surface area contributed by atoms with Crippen molar-refractivity contribution in [1.29, 1.82) is 0 Å². The first kappa shape index (κ1) is 20.9. The molecule has 0 aliphatic heterocycles. The number of amides is 1. The maximum absolute atomic E-state index is 12.7. The Morgan fingerprint density at radius 1 is 1.10 bits per heavy atom. The van der Waals surface area contributed by atoms with Gasteiger partial charge in [-0.25, -0.2) is 0 Å². The average molecular weight is 437 g/mol. The zero-order valence-corrected chi connectivity index (χ0v) is 17.9. The molecular weight excluding hydrogens is 416 g/mol. The topological polar surface area (TPSA) is 85.3 Å². The van der Waals surface area contributed by atoms with Gasteiger partial charge in [-0.15, -0.1) is 0 Å². The molecule has 4 aromatic rings. The molecule has 4 rings (SSSR count). The first-order valence-corrected chi connectivity index (χ1v) is 10.4. The van der Waals surface area contributed by atoms with Crippen LogP contribution in [-0.2, 0) is 11.2 Å². The Balaban J connectivity index is 1.51. The molecule has 1 N–H and O–H groups in total. The molecule has 1 amide bonds. The SMILES string of the molecule is CC(C)c1ccc(-c2cc(=O)c3cc(NC(=O)CCc4cc(Cl)no4)ccc3o2)cc1. The fraction of sp³-hybridized carbons (Fsp3) is 0.208. The quantitative estimate of drug-likeness (QED) is 0.413. The molecule has 7 heteroatoms. The van der Waals surface area contributed by atoms with Crippen LogP contribution in [0.4, 0.5) is 5.69 Å². The van der Waals surface area contributed by atoms with Crippen LogP contribution < -0.4 is 10.7 Å². The molecule has 0 fully saturated rings. The molecule has 0 saturated heterocycles. The highest BCUT2D eigenvalue weighted by atomic mass is 35.5. The largest absolute Gasteiger partial charge is 0.456 e. The highest BCUT2D eigenvalue weighted by Crippen LogP contribution is 2.26. The fourth-order valence-corrected chi connectivity index (χ4v) is 3.43. The van der Waals surface area contributed by atoms with Crippen LogP contribution in [0.1, 0.15) is 37.5 Å². The average Bonchev–Trinajstić information content (AvgIpc) is 3.18. The molecule has 0 aliphatic carbocycles. The smallest absolute Gasteiger partial charge is 0.224 e. The van der Waals surface area contributed by atoms with Gasteiger partial charge in [0.2, 0.25) is 5.91 Å². The minimum Gasteiger partial charge on any atom is -0.456 e. The van der Waals surface area contributed by atoms with Gasteiger partial charge in [-0.1, -0.05) is 54.9 Å². The molecular formula is C24H21ClN2O4. The van der Waals surface area contributed by atoms with E-state index in [0.29, 0.717) is 40.5 Å². The lowest BCUT2D eigenvalue weighted by Gasteiger charge is -2.08. The van der Waals surface area contributed by atoms with Gasteiger partial charge in [0.25, 0.3) is 0 Å². The van der Waals surface area contributed by atoms with Crippen molar-refractivity contribution < 1.29 is 13.7 Å². The normalized spacial score (nSPS) is 11.2. The van der Waals surface area contributed by atoms with E-state index >= 15 is 0 Å². The maximum atomic E-state index is 12.7. The number of hydrogen-bond donors (Lipinski definition) is 1. The molecule has 31 heavy (non-hydrogen) atoms. The first-order chi connectivity index (χ1) is 14.9. The monoisotopic (exact) mass is 436 g/mol. The predicted octanol–water partition coefficient (Wildman–Crippen LogP) is 5.80. The van der Waals surface area contributed by atoms with Crippen molar-refractivity contribution in [1.82, 2.24) is 5.16 Å². The van der Waals surface area contributed by atoms with Gasteiger partial charge < -0.3 is 14.3 Å². The van der Waals surface area contributed by atoms with Gasteiger partial charge >= 0.3 is 0 Å². The summed E-state index contributed by atoms with van der Waals surface area (Å²) in [4.78, 5) is 24.9. The summed E-state index contributed by atoms with van der Waals surface area (Å²) in [7, 11) is 0. The van der Waals surface area contributed by atoms with Crippen molar-refractivity contribution in [2.24, 2.45) is 0 Å². The fourth-order valence-electron chi connectivity index (χ4n) is 3.27. The summed E-state index contributed by atoms with van der Waals surface area (Å²) in [5.41, 5.74) is 2.88. The molecule has 2 aromatic carbocycles. The summed E-state index contributed by atoms with van der Waals surface area (Å²) in [6.07, 6.45) is 0.573. The van der Waals surface area contributed by atoms with Crippen LogP contribution in [0.2, 0.25) is 5.15 Å². The molecule has 158 valence electrons. The van der Waals surface area contributed by atoms with Crippen molar-refractivity contribution in [3.05, 3.63) is 81.3 Å².